The van der Waals surface area contributed by atoms with Crippen molar-refractivity contribution < 1.29 is 0 Å². The maximum absolute atomic E-state index is 5.23. The molecule has 0 N–H and O–H groups in total. The summed E-state index contributed by atoms with van der Waals surface area (Å²) >= 11 is 5.70. The fourth-order valence-corrected chi connectivity index (χ4v) is 7.71. The first-order chi connectivity index (χ1) is 16.8. The largest absolute Gasteiger partial charge is 0.246 e. The summed E-state index contributed by atoms with van der Waals surface area (Å²) in [6.45, 7) is 2.28. The number of benzene rings is 4. The van der Waals surface area contributed by atoms with Crippen LogP contribution < -0.4 is 0 Å². The van der Waals surface area contributed by atoms with Crippen LogP contribution in [0.25, 0.3) is 0 Å². The van der Waals surface area contributed by atoms with Gasteiger partial charge in [0, 0.05) is 20.6 Å². The Morgan fingerprint density at radius 1 is 0.618 bits per heavy atom. The summed E-state index contributed by atoms with van der Waals surface area (Å²) in [7, 11) is 0. The van der Waals surface area contributed by atoms with E-state index in [2.05, 4.69) is 122 Å². The Hall–Kier alpha value is -2.40. The highest BCUT2D eigenvalue weighted by Crippen LogP contribution is 2.44. The normalized spacial score (nSPS) is 12.6. The summed E-state index contributed by atoms with van der Waals surface area (Å²) in [6, 6.07) is 42.5. The predicted octanol–water partition coefficient (Wildman–Crippen LogP) is 9.84. The second-order valence-corrected chi connectivity index (χ2v) is 11.6. The average molecular weight is 500 g/mol. The lowest BCUT2D eigenvalue weighted by Crippen LogP contribution is -2.22. The van der Waals surface area contributed by atoms with Crippen molar-refractivity contribution in [1.29, 1.82) is 0 Å². The first kappa shape index (κ1) is 24.7. The fraction of sp³-hybridized carbons (Fsp3) is 0.167. The summed E-state index contributed by atoms with van der Waals surface area (Å²) in [5.41, 5.74) is 1.01. The molecule has 0 aliphatic carbocycles. The van der Waals surface area contributed by atoms with Gasteiger partial charge in [-0.05, 0) is 55.0 Å². The molecule has 4 aromatic carbocycles. The van der Waals surface area contributed by atoms with E-state index in [9.17, 15) is 0 Å². The van der Waals surface area contributed by atoms with Gasteiger partial charge < -0.3 is 0 Å². The highest BCUT2D eigenvalue weighted by molar-refractivity contribution is 8.17. The smallest absolute Gasteiger partial charge is 0.0837 e. The fourth-order valence-electron chi connectivity index (χ4n) is 3.56. The molecule has 34 heavy (non-hydrogen) atoms. The number of nitrogens with zero attached hydrogens (tertiary/aromatic N) is 1. The number of thioether (sulfide) groups is 3. The van der Waals surface area contributed by atoms with E-state index in [1.54, 1.807) is 11.8 Å². The zero-order valence-electron chi connectivity index (χ0n) is 19.3. The Bertz CT molecular complexity index is 1090. The number of para-hydroxylation sites is 1. The van der Waals surface area contributed by atoms with Gasteiger partial charge in [0.15, 0.2) is 0 Å². The zero-order valence-corrected chi connectivity index (χ0v) is 21.7. The lowest BCUT2D eigenvalue weighted by Gasteiger charge is -2.27. The van der Waals surface area contributed by atoms with E-state index in [0.29, 0.717) is 10.5 Å². The molecule has 1 atom stereocenters. The monoisotopic (exact) mass is 499 g/mol. The molecule has 0 radical (unpaired) electrons. The second-order valence-electron chi connectivity index (χ2n) is 7.83. The SMILES string of the molecule is CCCC(C(=Nc1ccccc1)Sc1ccccc1)C(Sc1ccccc1)Sc1ccccc1. The molecule has 4 aromatic rings. The minimum absolute atomic E-state index is 0.295. The topological polar surface area (TPSA) is 12.4 Å². The average Bonchev–Trinajstić information content (AvgIpc) is 2.89. The van der Waals surface area contributed by atoms with Gasteiger partial charge in [-0.25, -0.2) is 4.99 Å². The molecule has 0 fully saturated rings. The summed E-state index contributed by atoms with van der Waals surface area (Å²) < 4.78 is 0.295. The first-order valence-electron chi connectivity index (χ1n) is 11.6. The quantitative estimate of drug-likeness (QED) is 0.0932. The van der Waals surface area contributed by atoms with Crippen LogP contribution in [0.3, 0.4) is 0 Å². The van der Waals surface area contributed by atoms with Crippen molar-refractivity contribution in [3.8, 4) is 0 Å². The molecule has 172 valence electrons. The molecule has 1 unspecified atom stereocenters. The highest BCUT2D eigenvalue weighted by atomic mass is 32.2. The van der Waals surface area contributed by atoms with E-state index < -0.39 is 0 Å². The van der Waals surface area contributed by atoms with Gasteiger partial charge in [0.25, 0.3) is 0 Å². The van der Waals surface area contributed by atoms with Gasteiger partial charge in [-0.1, -0.05) is 97.9 Å². The number of hydrogen-bond acceptors (Lipinski definition) is 4. The molecule has 4 rings (SSSR count). The second kappa shape index (κ2) is 13.5. The lowest BCUT2D eigenvalue weighted by atomic mass is 10.1. The van der Waals surface area contributed by atoms with Gasteiger partial charge in [-0.3, -0.25) is 0 Å². The molecular weight excluding hydrogens is 471 g/mol. The van der Waals surface area contributed by atoms with Crippen molar-refractivity contribution in [2.45, 2.75) is 39.0 Å². The summed E-state index contributed by atoms with van der Waals surface area (Å²) in [4.78, 5) is 9.04. The molecule has 0 spiro atoms. The number of aliphatic imine (C=N–C) groups is 1. The van der Waals surface area contributed by atoms with Crippen molar-refractivity contribution in [3.63, 3.8) is 0 Å². The van der Waals surface area contributed by atoms with Crippen LogP contribution in [0.1, 0.15) is 19.8 Å². The Morgan fingerprint density at radius 3 is 1.53 bits per heavy atom. The zero-order chi connectivity index (χ0) is 23.4. The van der Waals surface area contributed by atoms with Crippen LogP contribution in [0.5, 0.6) is 0 Å². The van der Waals surface area contributed by atoms with E-state index in [-0.39, 0.29) is 0 Å². The van der Waals surface area contributed by atoms with E-state index in [1.165, 1.54) is 19.7 Å². The standard InChI is InChI=1S/C30H29NS3/c1-2-15-28(29(31-24-16-7-3-8-17-24)32-25-18-9-4-10-19-25)30(33-26-20-11-5-12-21-26)34-27-22-13-6-14-23-27/h3-14,16-23,28,30H,2,15H2,1H3. The molecule has 0 bridgehead atoms. The van der Waals surface area contributed by atoms with Gasteiger partial charge in [-0.2, -0.15) is 0 Å². The van der Waals surface area contributed by atoms with Crippen LogP contribution in [-0.2, 0) is 0 Å². The summed E-state index contributed by atoms with van der Waals surface area (Å²) in [5, 5.41) is 1.18. The Balaban J connectivity index is 1.74. The van der Waals surface area contributed by atoms with Gasteiger partial charge >= 0.3 is 0 Å². The van der Waals surface area contributed by atoms with Crippen LogP contribution >= 0.6 is 35.3 Å². The van der Waals surface area contributed by atoms with Crippen molar-refractivity contribution in [1.82, 2.24) is 0 Å². The van der Waals surface area contributed by atoms with Gasteiger partial charge in [-0.15, -0.1) is 23.5 Å². The van der Waals surface area contributed by atoms with Gasteiger partial charge in [0.05, 0.1) is 15.3 Å². The third-order valence-corrected chi connectivity index (χ3v) is 9.10. The third-order valence-electron chi connectivity index (χ3n) is 5.20. The summed E-state index contributed by atoms with van der Waals surface area (Å²) in [5.74, 6) is 0.297. The Morgan fingerprint density at radius 2 is 1.06 bits per heavy atom. The molecule has 4 heteroatoms. The van der Waals surface area contributed by atoms with E-state index in [4.69, 9.17) is 4.99 Å². The van der Waals surface area contributed by atoms with Crippen LogP contribution in [0.4, 0.5) is 5.69 Å². The Labute approximate surface area is 216 Å². The predicted molar refractivity (Wildman–Crippen MR) is 153 cm³/mol. The first-order valence-corrected chi connectivity index (χ1v) is 14.2. The molecule has 0 aromatic heterocycles. The van der Waals surface area contributed by atoms with Crippen LogP contribution in [0.2, 0.25) is 0 Å². The van der Waals surface area contributed by atoms with Crippen molar-refractivity contribution in [2.75, 3.05) is 0 Å². The number of hydrogen-bond donors (Lipinski definition) is 0. The van der Waals surface area contributed by atoms with Gasteiger partial charge in [0.2, 0.25) is 0 Å². The molecule has 0 amide bonds. The molecule has 0 saturated carbocycles. The molecule has 0 aliphatic rings. The van der Waals surface area contributed by atoms with Crippen molar-refractivity contribution >= 4 is 46.0 Å². The summed E-state index contributed by atoms with van der Waals surface area (Å²) in [6.07, 6.45) is 2.19. The Kier molecular flexibility index (Phi) is 9.80. The van der Waals surface area contributed by atoms with Crippen molar-refractivity contribution in [3.05, 3.63) is 121 Å². The maximum Gasteiger partial charge on any atom is 0.0837 e. The lowest BCUT2D eigenvalue weighted by molar-refractivity contribution is 0.664. The van der Waals surface area contributed by atoms with Gasteiger partial charge in [0.1, 0.15) is 0 Å². The molecule has 0 saturated heterocycles. The number of rotatable bonds is 10. The third kappa shape index (κ3) is 7.56. The molecule has 0 aliphatic heterocycles. The van der Waals surface area contributed by atoms with Crippen molar-refractivity contribution in [2.24, 2.45) is 10.9 Å². The van der Waals surface area contributed by atoms with E-state index >= 15 is 0 Å². The van der Waals surface area contributed by atoms with E-state index in [1.807, 2.05) is 29.6 Å². The van der Waals surface area contributed by atoms with E-state index in [0.717, 1.165) is 18.5 Å². The molecule has 0 heterocycles. The van der Waals surface area contributed by atoms with Crippen LogP contribution in [-0.4, -0.2) is 9.63 Å². The highest BCUT2D eigenvalue weighted by Gasteiger charge is 2.29. The molecular formula is C30H29NS3. The van der Waals surface area contributed by atoms with Crippen LogP contribution in [0.15, 0.2) is 141 Å². The molecule has 1 nitrogen and oxygen atoms in total. The minimum atomic E-state index is 0.295. The van der Waals surface area contributed by atoms with Crippen LogP contribution in [0, 0.1) is 5.92 Å². The minimum Gasteiger partial charge on any atom is -0.246 e. The maximum atomic E-state index is 5.23.